The molecule has 0 saturated heterocycles. The minimum atomic E-state index is -3.45. The highest BCUT2D eigenvalue weighted by atomic mass is 32.2. The lowest BCUT2D eigenvalue weighted by Crippen LogP contribution is -2.25. The van der Waals surface area contributed by atoms with Gasteiger partial charge in [0.15, 0.2) is 0 Å². The number of nitrogen functional groups attached to an aromatic ring is 1. The van der Waals surface area contributed by atoms with Crippen molar-refractivity contribution in [2.24, 2.45) is 0 Å². The third-order valence-electron chi connectivity index (χ3n) is 4.21. The predicted molar refractivity (Wildman–Crippen MR) is 107 cm³/mol. The van der Waals surface area contributed by atoms with E-state index in [-0.39, 0.29) is 0 Å². The first kappa shape index (κ1) is 19.1. The van der Waals surface area contributed by atoms with E-state index in [0.29, 0.717) is 17.8 Å². The number of nitrogens with one attached hydrogen (secondary N) is 1. The average Bonchev–Trinajstić information content (AvgIpc) is 2.61. The first-order chi connectivity index (χ1) is 11.9. The molecule has 0 fully saturated rings. The molecule has 0 aromatic heterocycles. The highest BCUT2D eigenvalue weighted by Crippen LogP contribution is 2.30. The van der Waals surface area contributed by atoms with Gasteiger partial charge in [-0.15, -0.1) is 0 Å². The van der Waals surface area contributed by atoms with Crippen molar-refractivity contribution in [3.05, 3.63) is 65.7 Å². The maximum Gasteiger partial charge on any atom is 0.235 e. The molecule has 1 unspecified atom stereocenters. The van der Waals surface area contributed by atoms with Crippen LogP contribution < -0.4 is 10.5 Å². The molecule has 0 spiro atoms. The van der Waals surface area contributed by atoms with Gasteiger partial charge in [0.2, 0.25) is 10.0 Å². The largest absolute Gasteiger partial charge is 0.397 e. The van der Waals surface area contributed by atoms with Gasteiger partial charge in [0, 0.05) is 0 Å². The maximum absolute atomic E-state index is 12.4. The molecule has 0 aliphatic heterocycles. The van der Waals surface area contributed by atoms with Crippen LogP contribution in [-0.4, -0.2) is 13.7 Å². The molecular formula is C20H26N2O2S. The minimum absolute atomic E-state index is 0.416. The summed E-state index contributed by atoms with van der Waals surface area (Å²) in [5.74, 6) is 0. The number of hydrogen-bond acceptors (Lipinski definition) is 3. The summed E-state index contributed by atoms with van der Waals surface area (Å²) in [5, 5.41) is -0.477. The molecule has 0 heterocycles. The van der Waals surface area contributed by atoms with Crippen LogP contribution in [0.3, 0.4) is 0 Å². The van der Waals surface area contributed by atoms with Crippen LogP contribution >= 0.6 is 0 Å². The van der Waals surface area contributed by atoms with Gasteiger partial charge < -0.3 is 5.73 Å². The van der Waals surface area contributed by atoms with Crippen LogP contribution in [0.2, 0.25) is 0 Å². The summed E-state index contributed by atoms with van der Waals surface area (Å²) < 4.78 is 27.4. The number of anilines is 2. The van der Waals surface area contributed by atoms with Crippen molar-refractivity contribution in [1.29, 1.82) is 0 Å². The van der Waals surface area contributed by atoms with E-state index in [4.69, 9.17) is 5.73 Å². The fraction of sp³-hybridized carbons (Fsp3) is 0.300. The summed E-state index contributed by atoms with van der Waals surface area (Å²) in [6.45, 7) is 5.61. The van der Waals surface area contributed by atoms with Crippen molar-refractivity contribution < 1.29 is 8.42 Å². The molecule has 0 aliphatic carbocycles. The van der Waals surface area contributed by atoms with E-state index in [2.05, 4.69) is 17.7 Å². The Morgan fingerprint density at radius 1 is 1.12 bits per heavy atom. The van der Waals surface area contributed by atoms with Crippen LogP contribution in [0.4, 0.5) is 11.4 Å². The van der Waals surface area contributed by atoms with E-state index in [9.17, 15) is 8.42 Å². The molecule has 134 valence electrons. The summed E-state index contributed by atoms with van der Waals surface area (Å²) in [6, 6.07) is 15.5. The molecular weight excluding hydrogens is 332 g/mol. The summed E-state index contributed by atoms with van der Waals surface area (Å²) in [6.07, 6.45) is 3.55. The van der Waals surface area contributed by atoms with E-state index in [1.54, 1.807) is 13.0 Å². The van der Waals surface area contributed by atoms with Crippen LogP contribution in [-0.2, 0) is 10.0 Å². The Hall–Kier alpha value is -2.27. The third kappa shape index (κ3) is 4.63. The zero-order valence-corrected chi connectivity index (χ0v) is 15.8. The summed E-state index contributed by atoms with van der Waals surface area (Å²) in [4.78, 5) is 0. The lowest BCUT2D eigenvalue weighted by atomic mass is 9.96. The zero-order valence-electron chi connectivity index (χ0n) is 15.0. The van der Waals surface area contributed by atoms with E-state index < -0.39 is 15.3 Å². The topological polar surface area (TPSA) is 72.2 Å². The number of benzene rings is 2. The van der Waals surface area contributed by atoms with Crippen molar-refractivity contribution in [1.82, 2.24) is 0 Å². The molecule has 1 atom stereocenters. The first-order valence-corrected chi connectivity index (χ1v) is 10.1. The monoisotopic (exact) mass is 358 g/mol. The van der Waals surface area contributed by atoms with Crippen LogP contribution in [0, 0.1) is 0 Å². The Balaban J connectivity index is 2.45. The maximum atomic E-state index is 12.4. The van der Waals surface area contributed by atoms with Crippen molar-refractivity contribution in [3.8, 4) is 0 Å². The van der Waals surface area contributed by atoms with E-state index >= 15 is 0 Å². The Labute approximate surface area is 150 Å². The number of hydrogen-bond donors (Lipinski definition) is 2. The van der Waals surface area contributed by atoms with Gasteiger partial charge in [0.05, 0.1) is 16.6 Å². The molecule has 0 radical (unpaired) electrons. The van der Waals surface area contributed by atoms with E-state index in [1.165, 1.54) is 0 Å². The number of sulfonamides is 1. The Kier molecular flexibility index (Phi) is 6.26. The van der Waals surface area contributed by atoms with Gasteiger partial charge in [-0.25, -0.2) is 8.42 Å². The van der Waals surface area contributed by atoms with Crippen molar-refractivity contribution in [3.63, 3.8) is 0 Å². The molecule has 2 rings (SSSR count). The molecule has 2 aromatic rings. The van der Waals surface area contributed by atoms with Gasteiger partial charge in [-0.1, -0.05) is 56.3 Å². The highest BCUT2D eigenvalue weighted by molar-refractivity contribution is 7.93. The van der Waals surface area contributed by atoms with E-state index in [1.807, 2.05) is 49.4 Å². The van der Waals surface area contributed by atoms with Gasteiger partial charge in [0.25, 0.3) is 0 Å². The summed E-state index contributed by atoms with van der Waals surface area (Å²) in [5.41, 5.74) is 9.93. The minimum Gasteiger partial charge on any atom is -0.397 e. The highest BCUT2D eigenvalue weighted by Gasteiger charge is 2.20. The van der Waals surface area contributed by atoms with Crippen molar-refractivity contribution >= 4 is 27.0 Å². The fourth-order valence-electron chi connectivity index (χ4n) is 2.51. The lowest BCUT2D eigenvalue weighted by Gasteiger charge is -2.16. The molecule has 4 nitrogen and oxygen atoms in total. The Bertz CT molecular complexity index is 843. The molecule has 0 saturated carbocycles. The molecule has 0 aliphatic rings. The molecule has 0 amide bonds. The third-order valence-corrected chi connectivity index (χ3v) is 6.11. The van der Waals surface area contributed by atoms with Crippen LogP contribution in [0.5, 0.6) is 0 Å². The normalized spacial score (nSPS) is 13.5. The van der Waals surface area contributed by atoms with Gasteiger partial charge in [-0.2, -0.15) is 0 Å². The molecule has 5 heteroatoms. The standard InChI is InChI=1S/C20H26N2O2S/c1-4-9-18(16-10-7-6-8-11-16)17-12-13-19(21)20(14-17)22-25(23,24)15(3)5-2/h6-15,22H,4-5,21H2,1-3H3. The second-order valence-electron chi connectivity index (χ2n) is 6.06. The number of rotatable bonds is 7. The van der Waals surface area contributed by atoms with Gasteiger partial charge in [-0.05, 0) is 48.6 Å². The average molecular weight is 359 g/mol. The first-order valence-electron chi connectivity index (χ1n) is 8.56. The number of nitrogens with two attached hydrogens (primary N) is 1. The van der Waals surface area contributed by atoms with Crippen LogP contribution in [0.1, 0.15) is 44.7 Å². The summed E-state index contributed by atoms with van der Waals surface area (Å²) in [7, 11) is -3.45. The second kappa shape index (κ2) is 8.21. The predicted octanol–water partition coefficient (Wildman–Crippen LogP) is 4.65. The van der Waals surface area contributed by atoms with Gasteiger partial charge in [-0.3, -0.25) is 4.72 Å². The Morgan fingerprint density at radius 2 is 1.80 bits per heavy atom. The molecule has 2 aromatic carbocycles. The van der Waals surface area contributed by atoms with Crippen molar-refractivity contribution in [2.75, 3.05) is 10.5 Å². The molecule has 3 N–H and O–H groups in total. The van der Waals surface area contributed by atoms with Crippen molar-refractivity contribution in [2.45, 2.75) is 38.9 Å². The van der Waals surface area contributed by atoms with E-state index in [0.717, 1.165) is 23.1 Å². The van der Waals surface area contributed by atoms with Crippen LogP contribution in [0.15, 0.2) is 54.6 Å². The van der Waals surface area contributed by atoms with Crippen LogP contribution in [0.25, 0.3) is 5.57 Å². The summed E-state index contributed by atoms with van der Waals surface area (Å²) >= 11 is 0. The van der Waals surface area contributed by atoms with Gasteiger partial charge in [0.1, 0.15) is 0 Å². The molecule has 25 heavy (non-hydrogen) atoms. The SMILES string of the molecule is CCC=C(c1ccccc1)c1ccc(N)c(NS(=O)(=O)C(C)CC)c1. The quantitative estimate of drug-likeness (QED) is 0.708. The number of allylic oxidation sites excluding steroid dienone is 1. The fourth-order valence-corrected chi connectivity index (χ4v) is 3.63. The molecule has 0 bridgehead atoms. The van der Waals surface area contributed by atoms with Gasteiger partial charge >= 0.3 is 0 Å². The zero-order chi connectivity index (χ0) is 18.4. The smallest absolute Gasteiger partial charge is 0.235 e. The lowest BCUT2D eigenvalue weighted by molar-refractivity contribution is 0.586. The second-order valence-corrected chi connectivity index (χ2v) is 8.16. The Morgan fingerprint density at radius 3 is 2.40 bits per heavy atom.